The first-order valence-electron chi connectivity index (χ1n) is 23.9. The fourth-order valence-electron chi connectivity index (χ4n) is 8.25. The van der Waals surface area contributed by atoms with Crippen LogP contribution in [0, 0.1) is 23.0 Å². The predicted molar refractivity (Wildman–Crippen MR) is 258 cm³/mol. The lowest BCUT2D eigenvalue weighted by atomic mass is 9.77. The van der Waals surface area contributed by atoms with Crippen molar-refractivity contribution >= 4 is 35.8 Å². The van der Waals surface area contributed by atoms with E-state index < -0.39 is 92.1 Å². The van der Waals surface area contributed by atoms with Gasteiger partial charge >= 0.3 is 35.8 Å². The first-order chi connectivity index (χ1) is 33.4. The molecule has 0 aromatic heterocycles. The summed E-state index contributed by atoms with van der Waals surface area (Å²) < 4.78 is 69.8. The van der Waals surface area contributed by atoms with Crippen molar-refractivity contribution in [3.05, 3.63) is 101 Å². The molecule has 1 aliphatic rings. The van der Waals surface area contributed by atoms with Gasteiger partial charge in [0.15, 0.2) is 0 Å². The second-order valence-corrected chi connectivity index (χ2v) is 18.1. The van der Waals surface area contributed by atoms with Gasteiger partial charge in [0, 0.05) is 22.3 Å². The van der Waals surface area contributed by atoms with E-state index in [0.29, 0.717) is 34.6 Å². The minimum absolute atomic E-state index is 0.00317. The lowest BCUT2D eigenvalue weighted by Crippen LogP contribution is -2.44. The number of esters is 6. The van der Waals surface area contributed by atoms with Crippen LogP contribution in [-0.4, -0.2) is 83.1 Å². The molecular formula is C55H68F2O13. The molecule has 0 saturated heterocycles. The molecule has 1 saturated carbocycles. The zero-order chi connectivity index (χ0) is 51.4. The molecule has 1 fully saturated rings. The zero-order valence-corrected chi connectivity index (χ0v) is 41.5. The molecule has 0 amide bonds. The smallest absolute Gasteiger partial charge is 0.333 e. The molecule has 3 aromatic rings. The summed E-state index contributed by atoms with van der Waals surface area (Å²) in [4.78, 5) is 74.3. The van der Waals surface area contributed by atoms with Crippen LogP contribution in [0.15, 0.2) is 72.8 Å². The fourth-order valence-corrected chi connectivity index (χ4v) is 8.25. The average molecular weight is 975 g/mol. The maximum atomic E-state index is 16.5. The Bertz CT molecular complexity index is 2310. The molecular weight excluding hydrogens is 907 g/mol. The van der Waals surface area contributed by atoms with E-state index in [1.165, 1.54) is 45.6 Å². The second kappa shape index (κ2) is 27.7. The van der Waals surface area contributed by atoms with Crippen LogP contribution in [0.2, 0.25) is 0 Å². The molecule has 13 nitrogen and oxygen atoms in total. The molecule has 0 N–H and O–H groups in total. The molecule has 4 rings (SSSR count). The Labute approximate surface area is 410 Å². The highest BCUT2D eigenvalue weighted by atomic mass is 19.1. The summed E-state index contributed by atoms with van der Waals surface area (Å²) in [7, 11) is 2.18. The Kier molecular flexibility index (Phi) is 22.3. The van der Waals surface area contributed by atoms with Crippen molar-refractivity contribution in [1.82, 2.24) is 0 Å². The Balaban J connectivity index is 1.71. The van der Waals surface area contributed by atoms with Crippen LogP contribution >= 0.6 is 0 Å². The predicted octanol–water partition coefficient (Wildman–Crippen LogP) is 10.5. The number of benzene rings is 3. The highest BCUT2D eigenvalue weighted by Gasteiger charge is 2.38. The molecule has 0 bridgehead atoms. The lowest BCUT2D eigenvalue weighted by molar-refractivity contribution is -0.165. The van der Waals surface area contributed by atoms with Crippen LogP contribution in [0.4, 0.5) is 8.78 Å². The summed E-state index contributed by atoms with van der Waals surface area (Å²) >= 11 is 0. The van der Waals surface area contributed by atoms with Crippen molar-refractivity contribution in [3.8, 4) is 28.0 Å². The summed E-state index contributed by atoms with van der Waals surface area (Å²) in [6, 6.07) is 13.3. The van der Waals surface area contributed by atoms with E-state index >= 15 is 8.78 Å². The summed E-state index contributed by atoms with van der Waals surface area (Å²) in [6.45, 7) is 12.0. The van der Waals surface area contributed by atoms with E-state index in [1.54, 1.807) is 36.4 Å². The van der Waals surface area contributed by atoms with E-state index in [1.807, 2.05) is 13.0 Å². The number of carbonyl (C=O) groups is 6. The molecule has 380 valence electrons. The van der Waals surface area contributed by atoms with Crippen LogP contribution < -0.4 is 4.74 Å². The third kappa shape index (κ3) is 16.9. The number of unbranched alkanes of at least 4 members (excludes halogenated alkanes) is 2. The molecule has 0 unspecified atom stereocenters. The van der Waals surface area contributed by atoms with Crippen molar-refractivity contribution in [2.24, 2.45) is 11.3 Å². The summed E-state index contributed by atoms with van der Waals surface area (Å²) in [6.07, 6.45) is 8.68. The Morgan fingerprint density at radius 2 is 1.21 bits per heavy atom. The monoisotopic (exact) mass is 974 g/mol. The van der Waals surface area contributed by atoms with Gasteiger partial charge in [-0.1, -0.05) is 77.0 Å². The topological polar surface area (TPSA) is 167 Å². The fraction of sp³-hybridized carbons (Fsp3) is 0.491. The van der Waals surface area contributed by atoms with E-state index in [-0.39, 0.29) is 47.5 Å². The lowest BCUT2D eigenvalue weighted by Gasteiger charge is -2.32. The van der Waals surface area contributed by atoms with Crippen molar-refractivity contribution in [2.75, 3.05) is 47.3 Å². The quantitative estimate of drug-likeness (QED) is 0.0233. The van der Waals surface area contributed by atoms with Gasteiger partial charge in [-0.3, -0.25) is 19.2 Å². The van der Waals surface area contributed by atoms with Gasteiger partial charge in [0.25, 0.3) is 0 Å². The SMILES string of the molecule is C=C(C)C(=O)OCCCc1cc(-c2ccc(-c3ccc(C4CCC(CCCCC)CC4)cc3F)cc2F)c(CC)cc1OCC(COC(=O)CC(=O)OC)(COC(=O)CC(=O)OC)COC(=O)C(=C)C. The molecule has 1 aliphatic carbocycles. The first kappa shape index (κ1) is 56.2. The van der Waals surface area contributed by atoms with E-state index in [9.17, 15) is 28.8 Å². The van der Waals surface area contributed by atoms with Crippen molar-refractivity contribution < 1.29 is 70.7 Å². The number of rotatable bonds is 27. The van der Waals surface area contributed by atoms with Crippen LogP contribution in [0.5, 0.6) is 5.75 Å². The first-order valence-corrected chi connectivity index (χ1v) is 23.9. The van der Waals surface area contributed by atoms with Crippen LogP contribution in [0.25, 0.3) is 22.3 Å². The average Bonchev–Trinajstić information content (AvgIpc) is 3.34. The molecule has 0 heterocycles. The maximum absolute atomic E-state index is 16.5. The molecule has 0 spiro atoms. The Hall–Kier alpha value is -6.38. The molecule has 15 heteroatoms. The van der Waals surface area contributed by atoms with Gasteiger partial charge < -0.3 is 33.2 Å². The minimum Gasteiger partial charge on any atom is -0.492 e. The van der Waals surface area contributed by atoms with Gasteiger partial charge in [0.2, 0.25) is 0 Å². The number of ether oxygens (including phenoxy) is 7. The summed E-state index contributed by atoms with van der Waals surface area (Å²) in [5.74, 6) is -4.93. The standard InChI is InChI=1S/C55H68F2O13/c1-9-11-12-14-37-16-18-39(19-17-37)40-20-22-43(46(56)26-40)41-21-23-44(47(57)27-41)45-25-42(15-13-24-66-53(62)35(3)4)48(28-38(45)10-2)67-31-55(34-70-54(63)36(5)6,32-68-51(60)29-49(58)64-7)33-69-52(61)30-50(59)65-8/h20-23,25-28,37,39H,3,5,9-19,24,29-34H2,1-2,4,6-8H3. The number of aryl methyl sites for hydroxylation is 2. The van der Waals surface area contributed by atoms with Crippen molar-refractivity contribution in [3.63, 3.8) is 0 Å². The number of hydrogen-bond acceptors (Lipinski definition) is 13. The zero-order valence-electron chi connectivity index (χ0n) is 41.5. The highest BCUT2D eigenvalue weighted by molar-refractivity contribution is 5.92. The largest absolute Gasteiger partial charge is 0.492 e. The normalized spacial score (nSPS) is 14.5. The third-order valence-corrected chi connectivity index (χ3v) is 12.4. The van der Waals surface area contributed by atoms with Gasteiger partial charge in [-0.05, 0) is 123 Å². The molecule has 0 atom stereocenters. The van der Waals surface area contributed by atoms with Gasteiger partial charge in [0.05, 0.1) is 20.8 Å². The van der Waals surface area contributed by atoms with Gasteiger partial charge in [-0.15, -0.1) is 0 Å². The van der Waals surface area contributed by atoms with Crippen LogP contribution in [0.1, 0.15) is 121 Å². The molecule has 0 aliphatic heterocycles. The van der Waals surface area contributed by atoms with Crippen molar-refractivity contribution in [2.45, 2.75) is 117 Å². The maximum Gasteiger partial charge on any atom is 0.333 e. The number of carbonyl (C=O) groups excluding carboxylic acids is 6. The van der Waals surface area contributed by atoms with E-state index in [0.717, 1.165) is 51.4 Å². The molecule has 0 radical (unpaired) electrons. The number of methoxy groups -OCH3 is 2. The van der Waals surface area contributed by atoms with Crippen molar-refractivity contribution in [1.29, 1.82) is 0 Å². The minimum atomic E-state index is -1.66. The van der Waals surface area contributed by atoms with Crippen LogP contribution in [0.3, 0.4) is 0 Å². The number of hydrogen-bond donors (Lipinski definition) is 0. The van der Waals surface area contributed by atoms with Crippen LogP contribution in [-0.2, 0) is 70.0 Å². The Morgan fingerprint density at radius 3 is 1.77 bits per heavy atom. The van der Waals surface area contributed by atoms with Gasteiger partial charge in [-0.2, -0.15) is 0 Å². The third-order valence-electron chi connectivity index (χ3n) is 12.4. The van der Waals surface area contributed by atoms with Gasteiger partial charge in [-0.25, -0.2) is 18.4 Å². The van der Waals surface area contributed by atoms with E-state index in [2.05, 4.69) is 29.6 Å². The second-order valence-electron chi connectivity index (χ2n) is 18.1. The molecule has 70 heavy (non-hydrogen) atoms. The Morgan fingerprint density at radius 1 is 0.629 bits per heavy atom. The summed E-state index contributed by atoms with van der Waals surface area (Å²) in [5, 5.41) is 0. The molecule has 3 aromatic carbocycles. The number of halogens is 2. The summed E-state index contributed by atoms with van der Waals surface area (Å²) in [5.41, 5.74) is 2.14. The van der Waals surface area contributed by atoms with E-state index in [4.69, 9.17) is 23.7 Å². The van der Waals surface area contributed by atoms with Gasteiger partial charge in [0.1, 0.15) is 62.1 Å². The highest BCUT2D eigenvalue weighted by Crippen LogP contribution is 2.40.